The van der Waals surface area contributed by atoms with Crippen molar-refractivity contribution in [2.75, 3.05) is 7.11 Å². The van der Waals surface area contributed by atoms with Crippen LogP contribution in [0.5, 0.6) is 5.75 Å². The van der Waals surface area contributed by atoms with Crippen molar-refractivity contribution < 1.29 is 9.53 Å². The SMILES string of the molecule is CC.CC.COc1ccc(C=O)cc1.C[CH2][Ge]([CH3])[CH2]C. The molecule has 0 fully saturated rings. The van der Waals surface area contributed by atoms with Crippen molar-refractivity contribution in [2.24, 2.45) is 0 Å². The van der Waals surface area contributed by atoms with Crippen LogP contribution in [0.1, 0.15) is 51.9 Å². The zero-order chi connectivity index (χ0) is 16.4. The zero-order valence-electron chi connectivity index (χ0n) is 14.6. The van der Waals surface area contributed by atoms with E-state index in [1.165, 1.54) is 10.5 Å². The number of hydrogen-bond acceptors (Lipinski definition) is 2. The topological polar surface area (TPSA) is 26.3 Å². The molecule has 0 aliphatic rings. The van der Waals surface area contributed by atoms with E-state index in [1.807, 2.05) is 27.7 Å². The maximum absolute atomic E-state index is 10.2. The van der Waals surface area contributed by atoms with Gasteiger partial charge in [-0.2, -0.15) is 0 Å². The molecule has 1 rings (SSSR count). The van der Waals surface area contributed by atoms with Crippen molar-refractivity contribution in [3.63, 3.8) is 0 Å². The molecule has 0 atom stereocenters. The van der Waals surface area contributed by atoms with E-state index in [2.05, 4.69) is 19.6 Å². The summed E-state index contributed by atoms with van der Waals surface area (Å²) in [5, 5.41) is 2.99. The van der Waals surface area contributed by atoms with Gasteiger partial charge in [0.05, 0.1) is 7.11 Å². The molecule has 1 aromatic carbocycles. The van der Waals surface area contributed by atoms with Gasteiger partial charge in [0, 0.05) is 5.56 Å². The molecule has 0 heterocycles. The molecule has 3 heteroatoms. The Bertz CT molecular complexity index is 280. The first-order valence-corrected chi connectivity index (χ1v) is 12.6. The summed E-state index contributed by atoms with van der Waals surface area (Å²) in [5.41, 5.74) is 0.667. The summed E-state index contributed by atoms with van der Waals surface area (Å²) < 4.78 is 4.90. The fourth-order valence-electron chi connectivity index (χ4n) is 0.932. The first-order valence-electron chi connectivity index (χ1n) is 7.58. The van der Waals surface area contributed by atoms with Crippen molar-refractivity contribution in [1.82, 2.24) is 0 Å². The average Bonchev–Trinajstić information content (AvgIpc) is 2.58. The molecule has 0 unspecified atom stereocenters. The molecule has 0 aliphatic heterocycles. The molecular weight excluding hydrogens is 309 g/mol. The third-order valence-corrected chi connectivity index (χ3v) is 7.52. The van der Waals surface area contributed by atoms with Crippen molar-refractivity contribution in [3.8, 4) is 5.75 Å². The quantitative estimate of drug-likeness (QED) is 0.517. The Labute approximate surface area is 131 Å². The van der Waals surface area contributed by atoms with Gasteiger partial charge >= 0.3 is 44.5 Å². The zero-order valence-corrected chi connectivity index (χ0v) is 16.7. The average molecular weight is 342 g/mol. The van der Waals surface area contributed by atoms with Crippen molar-refractivity contribution in [1.29, 1.82) is 0 Å². The van der Waals surface area contributed by atoms with Crippen molar-refractivity contribution >= 4 is 20.6 Å². The molecular formula is C17H33GeO2. The minimum absolute atomic E-state index is 0.380. The van der Waals surface area contributed by atoms with Gasteiger partial charge in [-0.3, -0.25) is 4.79 Å². The fraction of sp³-hybridized carbons (Fsp3) is 0.588. The number of rotatable bonds is 4. The van der Waals surface area contributed by atoms with Crippen LogP contribution in [0.15, 0.2) is 24.3 Å². The van der Waals surface area contributed by atoms with E-state index >= 15 is 0 Å². The molecule has 0 bridgehead atoms. The third kappa shape index (κ3) is 15.3. The van der Waals surface area contributed by atoms with Crippen LogP contribution in [0.4, 0.5) is 0 Å². The fourth-order valence-corrected chi connectivity index (χ4v) is 1.98. The number of methoxy groups -OCH3 is 1. The summed E-state index contributed by atoms with van der Waals surface area (Å²) in [7, 11) is 1.59. The number of aldehydes is 1. The van der Waals surface area contributed by atoms with Gasteiger partial charge in [0.25, 0.3) is 0 Å². The van der Waals surface area contributed by atoms with Crippen LogP contribution >= 0.6 is 0 Å². The Morgan fingerprint density at radius 3 is 1.60 bits per heavy atom. The molecule has 0 saturated heterocycles. The van der Waals surface area contributed by atoms with Gasteiger partial charge in [-0.15, -0.1) is 0 Å². The molecule has 0 aliphatic carbocycles. The molecule has 1 aromatic rings. The molecule has 0 N–H and O–H groups in total. The second-order valence-corrected chi connectivity index (χ2v) is 10.5. The normalized spacial score (nSPS) is 8.05. The predicted octanol–water partition coefficient (Wildman–Crippen LogP) is 5.71. The number of ether oxygens (including phenoxy) is 1. The number of carbonyl (C=O) groups excluding carboxylic acids is 1. The van der Waals surface area contributed by atoms with Gasteiger partial charge in [0.15, 0.2) is 0 Å². The van der Waals surface area contributed by atoms with E-state index in [0.29, 0.717) is 5.56 Å². The van der Waals surface area contributed by atoms with Gasteiger partial charge in [-0.25, -0.2) is 0 Å². The van der Waals surface area contributed by atoms with Crippen LogP contribution in [0, 0.1) is 0 Å². The number of carbonyl (C=O) groups is 1. The van der Waals surface area contributed by atoms with E-state index < -0.39 is 0 Å². The molecule has 0 aromatic heterocycles. The summed E-state index contributed by atoms with van der Waals surface area (Å²) >= 11 is -0.380. The van der Waals surface area contributed by atoms with E-state index in [0.717, 1.165) is 12.0 Å². The van der Waals surface area contributed by atoms with Gasteiger partial charge in [-0.05, 0) is 24.3 Å². The van der Waals surface area contributed by atoms with Crippen molar-refractivity contribution in [3.05, 3.63) is 29.8 Å². The van der Waals surface area contributed by atoms with E-state index in [9.17, 15) is 4.79 Å². The van der Waals surface area contributed by atoms with Crippen LogP contribution in [-0.2, 0) is 0 Å². The van der Waals surface area contributed by atoms with Gasteiger partial charge in [0.2, 0.25) is 0 Å². The van der Waals surface area contributed by atoms with Crippen LogP contribution in [0.25, 0.3) is 0 Å². The molecule has 20 heavy (non-hydrogen) atoms. The van der Waals surface area contributed by atoms with Crippen LogP contribution in [0.2, 0.25) is 16.3 Å². The number of benzene rings is 1. The van der Waals surface area contributed by atoms with Crippen molar-refractivity contribution in [2.45, 2.75) is 57.8 Å². The molecule has 0 spiro atoms. The first-order chi connectivity index (χ1) is 9.67. The molecule has 2 nitrogen and oxygen atoms in total. The second kappa shape index (κ2) is 20.5. The Kier molecular flexibility index (Phi) is 24.9. The molecule has 0 amide bonds. The summed E-state index contributed by atoms with van der Waals surface area (Å²) in [6.45, 7) is 12.6. The molecule has 0 saturated carbocycles. The summed E-state index contributed by atoms with van der Waals surface area (Å²) in [4.78, 5) is 10.2. The summed E-state index contributed by atoms with van der Waals surface area (Å²) in [6, 6.07) is 6.94. The Morgan fingerprint density at radius 1 is 1.00 bits per heavy atom. The first kappa shape index (κ1) is 24.3. The standard InChI is InChI=1S/C8H8O2.C5H13Ge.2C2H6/c1-10-8-4-2-7(6-9)3-5-8;1-4-6(3)5-2;2*1-2/h2-6H,1H3;4-5H2,1-3H3;2*1-2H3. The van der Waals surface area contributed by atoms with Crippen LogP contribution < -0.4 is 4.74 Å². The minimum atomic E-state index is -0.380. The molecule has 1 radical (unpaired) electrons. The van der Waals surface area contributed by atoms with Gasteiger partial charge in [0.1, 0.15) is 12.0 Å². The Hall–Kier alpha value is -0.767. The summed E-state index contributed by atoms with van der Waals surface area (Å²) in [5.74, 6) is 3.21. The number of hydrogen-bond donors (Lipinski definition) is 0. The summed E-state index contributed by atoms with van der Waals surface area (Å²) in [6.07, 6.45) is 0.805. The Morgan fingerprint density at radius 2 is 1.40 bits per heavy atom. The van der Waals surface area contributed by atoms with E-state index in [4.69, 9.17) is 4.74 Å². The van der Waals surface area contributed by atoms with E-state index in [1.54, 1.807) is 31.4 Å². The van der Waals surface area contributed by atoms with Crippen LogP contribution in [0.3, 0.4) is 0 Å². The third-order valence-electron chi connectivity index (χ3n) is 2.46. The Balaban J connectivity index is -0.000000250. The van der Waals surface area contributed by atoms with E-state index in [-0.39, 0.29) is 14.3 Å². The monoisotopic (exact) mass is 343 g/mol. The van der Waals surface area contributed by atoms with Gasteiger partial charge < -0.3 is 4.74 Å². The molecule has 117 valence electrons. The van der Waals surface area contributed by atoms with Gasteiger partial charge in [-0.1, -0.05) is 27.7 Å². The maximum atomic E-state index is 10.2. The predicted molar refractivity (Wildman–Crippen MR) is 93.7 cm³/mol. The second-order valence-electron chi connectivity index (χ2n) is 3.56. The van der Waals surface area contributed by atoms with Crippen LogP contribution in [-0.4, -0.2) is 27.7 Å².